The molecule has 0 saturated heterocycles. The zero-order valence-electron chi connectivity index (χ0n) is 16.3. The maximum atomic E-state index is 13.7. The summed E-state index contributed by atoms with van der Waals surface area (Å²) >= 11 is 0. The molecular weight excluding hydrogens is 430 g/mol. The molecule has 1 unspecified atom stereocenters. The van der Waals surface area contributed by atoms with E-state index in [0.29, 0.717) is 11.6 Å². The van der Waals surface area contributed by atoms with Crippen molar-refractivity contribution in [3.8, 4) is 22.8 Å². The Labute approximate surface area is 177 Å². The number of halogens is 4. The van der Waals surface area contributed by atoms with E-state index in [1.54, 1.807) is 12.1 Å². The summed E-state index contributed by atoms with van der Waals surface area (Å²) in [6, 6.07) is 7.42. The van der Waals surface area contributed by atoms with E-state index in [-0.39, 0.29) is 29.6 Å². The van der Waals surface area contributed by atoms with Gasteiger partial charge in [-0.2, -0.15) is 18.2 Å². The van der Waals surface area contributed by atoms with Gasteiger partial charge in [0, 0.05) is 33.6 Å². The summed E-state index contributed by atoms with van der Waals surface area (Å²) in [6.45, 7) is 0. The number of nitrogens with zero attached hydrogens (tertiary/aromatic N) is 2. The van der Waals surface area contributed by atoms with E-state index in [0.717, 1.165) is 47.1 Å². The van der Waals surface area contributed by atoms with E-state index in [2.05, 4.69) is 15.1 Å². The van der Waals surface area contributed by atoms with Gasteiger partial charge in [0.25, 0.3) is 5.89 Å². The molecule has 0 amide bonds. The van der Waals surface area contributed by atoms with Crippen LogP contribution < -0.4 is 0 Å². The largest absolute Gasteiger partial charge is 0.481 e. The van der Waals surface area contributed by atoms with Crippen LogP contribution in [0.15, 0.2) is 40.9 Å². The van der Waals surface area contributed by atoms with Gasteiger partial charge in [0.15, 0.2) is 0 Å². The van der Waals surface area contributed by atoms with Crippen molar-refractivity contribution >= 4 is 16.9 Å². The summed E-state index contributed by atoms with van der Waals surface area (Å²) in [7, 11) is 0. The Morgan fingerprint density at radius 1 is 1.19 bits per heavy atom. The van der Waals surface area contributed by atoms with Gasteiger partial charge in [0.2, 0.25) is 5.82 Å². The molecule has 164 valence electrons. The van der Waals surface area contributed by atoms with Crippen molar-refractivity contribution < 1.29 is 32.0 Å². The van der Waals surface area contributed by atoms with Crippen LogP contribution >= 0.6 is 0 Å². The maximum absolute atomic E-state index is 13.7. The molecule has 10 heteroatoms. The van der Waals surface area contributed by atoms with Crippen LogP contribution in [0.1, 0.15) is 35.6 Å². The minimum absolute atomic E-state index is 0.0500. The highest BCUT2D eigenvalue weighted by atomic mass is 19.4. The highest BCUT2D eigenvalue weighted by molar-refractivity contribution is 5.89. The first-order valence-electron chi connectivity index (χ1n) is 9.77. The number of aromatic nitrogens is 3. The van der Waals surface area contributed by atoms with Gasteiger partial charge in [-0.25, -0.2) is 4.39 Å². The van der Waals surface area contributed by atoms with Gasteiger partial charge in [-0.3, -0.25) is 4.79 Å². The minimum Gasteiger partial charge on any atom is -0.481 e. The number of aliphatic carboxylic acids is 1. The summed E-state index contributed by atoms with van der Waals surface area (Å²) in [4.78, 5) is 18.6. The van der Waals surface area contributed by atoms with E-state index in [1.165, 1.54) is 0 Å². The second-order valence-corrected chi connectivity index (χ2v) is 7.76. The molecule has 0 radical (unpaired) electrons. The molecule has 1 aliphatic carbocycles. The van der Waals surface area contributed by atoms with Gasteiger partial charge in [-0.15, -0.1) is 0 Å². The number of hydrogen-bond acceptors (Lipinski definition) is 4. The third kappa shape index (κ3) is 3.51. The zero-order chi connectivity index (χ0) is 22.6. The number of rotatable bonds is 4. The molecule has 5 rings (SSSR count). The van der Waals surface area contributed by atoms with Crippen molar-refractivity contribution in [2.75, 3.05) is 0 Å². The topological polar surface area (TPSA) is 92.0 Å². The molecule has 0 bridgehead atoms. The van der Waals surface area contributed by atoms with E-state index < -0.39 is 23.5 Å². The Morgan fingerprint density at radius 2 is 2.00 bits per heavy atom. The van der Waals surface area contributed by atoms with E-state index in [9.17, 15) is 22.4 Å². The number of carbonyl (C=O) groups is 1. The number of benzene rings is 2. The van der Waals surface area contributed by atoms with Crippen LogP contribution in [-0.4, -0.2) is 26.2 Å². The third-order valence-electron chi connectivity index (χ3n) is 5.67. The number of H-pyrrole nitrogens is 1. The van der Waals surface area contributed by atoms with Crippen LogP contribution in [-0.2, 0) is 17.4 Å². The lowest BCUT2D eigenvalue weighted by atomic mass is 10.0. The molecule has 4 aromatic rings. The van der Waals surface area contributed by atoms with Gasteiger partial charge in [-0.05, 0) is 54.8 Å². The highest BCUT2D eigenvalue weighted by Crippen LogP contribution is 2.40. The molecule has 6 nitrogen and oxygen atoms in total. The normalized spacial score (nSPS) is 15.9. The summed E-state index contributed by atoms with van der Waals surface area (Å²) in [5.41, 5.74) is 2.05. The Hall–Kier alpha value is -3.69. The second kappa shape index (κ2) is 7.18. The monoisotopic (exact) mass is 445 g/mol. The molecule has 2 N–H and O–H groups in total. The fourth-order valence-electron chi connectivity index (χ4n) is 4.24. The molecule has 2 aromatic carbocycles. The molecule has 0 fully saturated rings. The minimum atomic E-state index is -4.71. The Balaban J connectivity index is 1.50. The lowest BCUT2D eigenvalue weighted by Crippen LogP contribution is -2.05. The summed E-state index contributed by atoms with van der Waals surface area (Å²) < 4.78 is 57.8. The average Bonchev–Trinajstić information content (AvgIpc) is 3.42. The van der Waals surface area contributed by atoms with Crippen molar-refractivity contribution in [3.05, 3.63) is 59.0 Å². The fourth-order valence-corrected chi connectivity index (χ4v) is 4.24. The van der Waals surface area contributed by atoms with Crippen LogP contribution in [0.3, 0.4) is 0 Å². The average molecular weight is 445 g/mol. The number of aryl methyl sites for hydroxylation is 1. The highest BCUT2D eigenvalue weighted by Gasteiger charge is 2.32. The van der Waals surface area contributed by atoms with Crippen LogP contribution in [0, 0.1) is 5.82 Å². The smallest absolute Gasteiger partial charge is 0.416 e. The van der Waals surface area contributed by atoms with Crippen molar-refractivity contribution in [3.63, 3.8) is 0 Å². The Morgan fingerprint density at radius 3 is 2.75 bits per heavy atom. The van der Waals surface area contributed by atoms with E-state index in [1.807, 2.05) is 6.07 Å². The SMILES string of the molecule is O=C(O)CC1CCc2c1[nH]c1ccc(-c3noc(-c4cc(F)cc(C(F)(F)F)c4)n3)cc21. The molecule has 1 atom stereocenters. The van der Waals surface area contributed by atoms with Gasteiger partial charge >= 0.3 is 12.1 Å². The number of carboxylic acids is 1. The molecule has 0 saturated carbocycles. The number of alkyl halides is 3. The van der Waals surface area contributed by atoms with Gasteiger partial charge in [-0.1, -0.05) is 5.16 Å². The fraction of sp³-hybridized carbons (Fsp3) is 0.227. The third-order valence-corrected chi connectivity index (χ3v) is 5.67. The molecular formula is C22H15F4N3O3. The summed E-state index contributed by atoms with van der Waals surface area (Å²) in [5, 5.41) is 13.9. The summed E-state index contributed by atoms with van der Waals surface area (Å²) in [5.74, 6) is -2.08. The lowest BCUT2D eigenvalue weighted by Gasteiger charge is -2.07. The standard InChI is InChI=1S/C22H15F4N3O3/c23-14-6-12(5-13(9-14)22(24,25)26)21-28-20(29-32-21)11-2-4-17-16(7-11)15-3-1-10(8-18(30)31)19(15)27-17/h2,4-7,9-10,27H,1,3,8H2,(H,30,31). The maximum Gasteiger partial charge on any atom is 0.416 e. The van der Waals surface area contributed by atoms with E-state index in [4.69, 9.17) is 9.63 Å². The second-order valence-electron chi connectivity index (χ2n) is 7.76. The van der Waals surface area contributed by atoms with Crippen molar-refractivity contribution in [2.45, 2.75) is 31.4 Å². The first kappa shape index (κ1) is 20.2. The molecule has 32 heavy (non-hydrogen) atoms. The molecule has 1 aliphatic rings. The van der Waals surface area contributed by atoms with Crippen LogP contribution in [0.4, 0.5) is 17.6 Å². The van der Waals surface area contributed by atoms with Crippen molar-refractivity contribution in [1.82, 2.24) is 15.1 Å². The summed E-state index contributed by atoms with van der Waals surface area (Å²) in [6.07, 6.45) is -3.19. The Bertz CT molecular complexity index is 1360. The molecule has 2 heterocycles. The molecule has 2 aromatic heterocycles. The predicted octanol–water partition coefficient (Wildman–Crippen LogP) is 5.55. The van der Waals surface area contributed by atoms with E-state index >= 15 is 0 Å². The van der Waals surface area contributed by atoms with Crippen molar-refractivity contribution in [1.29, 1.82) is 0 Å². The number of aromatic amines is 1. The molecule has 0 spiro atoms. The van der Waals surface area contributed by atoms with Crippen LogP contribution in [0.5, 0.6) is 0 Å². The van der Waals surface area contributed by atoms with Gasteiger partial charge < -0.3 is 14.6 Å². The lowest BCUT2D eigenvalue weighted by molar-refractivity contribution is -0.138. The first-order chi connectivity index (χ1) is 15.2. The van der Waals surface area contributed by atoms with Crippen molar-refractivity contribution in [2.24, 2.45) is 0 Å². The number of nitrogens with one attached hydrogen (secondary N) is 1. The van der Waals surface area contributed by atoms with Gasteiger partial charge in [0.1, 0.15) is 5.82 Å². The predicted molar refractivity (Wildman–Crippen MR) is 105 cm³/mol. The van der Waals surface area contributed by atoms with Crippen LogP contribution in [0.2, 0.25) is 0 Å². The Kier molecular flexibility index (Phi) is 4.54. The zero-order valence-corrected chi connectivity index (χ0v) is 16.3. The molecule has 0 aliphatic heterocycles. The first-order valence-corrected chi connectivity index (χ1v) is 9.77. The number of fused-ring (bicyclic) bond motifs is 3. The van der Waals surface area contributed by atoms with Crippen LogP contribution in [0.25, 0.3) is 33.7 Å². The number of hydrogen-bond donors (Lipinski definition) is 2. The quantitative estimate of drug-likeness (QED) is 0.402. The number of carboxylic acid groups (broad SMARTS) is 1. The van der Waals surface area contributed by atoms with Gasteiger partial charge in [0.05, 0.1) is 12.0 Å².